The first kappa shape index (κ1) is 17.3. The number of hydrogen-bond acceptors (Lipinski definition) is 2. The van der Waals surface area contributed by atoms with Crippen molar-refractivity contribution in [3.8, 4) is 0 Å². The highest BCUT2D eigenvalue weighted by Gasteiger charge is 2.34. The standard InChI is InChI=1S/C17H18Cl2O2S/c1-3-12(2)22(20,21)17(13-8-10-14(18)11-9-13)15-6-4-5-7-16(15)19/h4-12,17H,3H2,1-2H3. The molecule has 0 saturated carbocycles. The number of rotatable bonds is 5. The Balaban J connectivity index is 2.65. The molecule has 0 spiro atoms. The normalized spacial score (nSPS) is 14.5. The third kappa shape index (κ3) is 3.48. The second kappa shape index (κ2) is 7.03. The van der Waals surface area contributed by atoms with Gasteiger partial charge < -0.3 is 0 Å². The topological polar surface area (TPSA) is 34.1 Å². The van der Waals surface area contributed by atoms with Gasteiger partial charge in [-0.25, -0.2) is 8.42 Å². The third-order valence-corrected chi connectivity index (χ3v) is 7.06. The van der Waals surface area contributed by atoms with Crippen LogP contribution in [-0.4, -0.2) is 13.7 Å². The molecule has 0 bridgehead atoms. The molecule has 2 rings (SSSR count). The monoisotopic (exact) mass is 356 g/mol. The van der Waals surface area contributed by atoms with E-state index in [9.17, 15) is 8.42 Å². The maximum Gasteiger partial charge on any atom is 0.164 e. The Kier molecular flexibility index (Phi) is 5.54. The molecule has 2 aromatic rings. The fraction of sp³-hybridized carbons (Fsp3) is 0.294. The predicted molar refractivity (Wildman–Crippen MR) is 93.4 cm³/mol. The van der Waals surface area contributed by atoms with Gasteiger partial charge in [0.1, 0.15) is 5.25 Å². The fourth-order valence-electron chi connectivity index (χ4n) is 2.34. The van der Waals surface area contributed by atoms with E-state index in [1.807, 2.05) is 6.92 Å². The molecule has 0 heterocycles. The Morgan fingerprint density at radius 3 is 2.14 bits per heavy atom. The Bertz CT molecular complexity index is 740. The van der Waals surface area contributed by atoms with Crippen LogP contribution in [-0.2, 0) is 9.84 Å². The smallest absolute Gasteiger partial charge is 0.164 e. The van der Waals surface area contributed by atoms with Crippen molar-refractivity contribution in [3.63, 3.8) is 0 Å². The van der Waals surface area contributed by atoms with Gasteiger partial charge in [-0.3, -0.25) is 0 Å². The predicted octanol–water partition coefficient (Wildman–Crippen LogP) is 5.30. The van der Waals surface area contributed by atoms with E-state index in [4.69, 9.17) is 23.2 Å². The van der Waals surface area contributed by atoms with Gasteiger partial charge in [-0.05, 0) is 42.7 Å². The fourth-order valence-corrected chi connectivity index (χ4v) is 4.80. The zero-order chi connectivity index (χ0) is 16.3. The molecule has 118 valence electrons. The van der Waals surface area contributed by atoms with Crippen LogP contribution >= 0.6 is 23.2 Å². The van der Waals surface area contributed by atoms with Gasteiger partial charge in [0.05, 0.1) is 5.25 Å². The summed E-state index contributed by atoms with van der Waals surface area (Å²) in [6, 6.07) is 14.0. The molecule has 5 heteroatoms. The van der Waals surface area contributed by atoms with E-state index in [2.05, 4.69) is 0 Å². The van der Waals surface area contributed by atoms with E-state index in [0.717, 1.165) is 0 Å². The summed E-state index contributed by atoms with van der Waals surface area (Å²) in [5.74, 6) is 0. The molecular weight excluding hydrogens is 339 g/mol. The summed E-state index contributed by atoms with van der Waals surface area (Å²) in [5.41, 5.74) is 1.28. The van der Waals surface area contributed by atoms with Crippen LogP contribution in [0.25, 0.3) is 0 Å². The van der Waals surface area contributed by atoms with Crippen LogP contribution in [0.3, 0.4) is 0 Å². The number of hydrogen-bond donors (Lipinski definition) is 0. The molecular formula is C17H18Cl2O2S. The average molecular weight is 357 g/mol. The molecule has 0 aliphatic heterocycles. The Hall–Kier alpha value is -1.03. The summed E-state index contributed by atoms with van der Waals surface area (Å²) >= 11 is 12.2. The lowest BCUT2D eigenvalue weighted by atomic mass is 10.0. The van der Waals surface area contributed by atoms with Gasteiger partial charge in [-0.1, -0.05) is 60.5 Å². The van der Waals surface area contributed by atoms with E-state index < -0.39 is 20.3 Å². The number of sulfone groups is 1. The minimum Gasteiger partial charge on any atom is -0.228 e. The lowest BCUT2D eigenvalue weighted by molar-refractivity contribution is 0.573. The van der Waals surface area contributed by atoms with Crippen molar-refractivity contribution in [2.24, 2.45) is 0 Å². The third-order valence-electron chi connectivity index (χ3n) is 3.82. The first-order valence-corrected chi connectivity index (χ1v) is 9.47. The summed E-state index contributed by atoms with van der Waals surface area (Å²) in [6.07, 6.45) is 0.552. The van der Waals surface area contributed by atoms with Crippen LogP contribution in [0.15, 0.2) is 48.5 Å². The van der Waals surface area contributed by atoms with Crippen molar-refractivity contribution in [2.45, 2.75) is 30.8 Å². The molecule has 0 amide bonds. The van der Waals surface area contributed by atoms with Gasteiger partial charge in [0.15, 0.2) is 9.84 Å². The van der Waals surface area contributed by atoms with E-state index in [-0.39, 0.29) is 0 Å². The Morgan fingerprint density at radius 1 is 1.00 bits per heavy atom. The lowest BCUT2D eigenvalue weighted by Gasteiger charge is -2.23. The maximum atomic E-state index is 13.0. The van der Waals surface area contributed by atoms with E-state index >= 15 is 0 Å². The zero-order valence-corrected chi connectivity index (χ0v) is 14.8. The SMILES string of the molecule is CCC(C)S(=O)(=O)C(c1ccc(Cl)cc1)c1ccccc1Cl. The Labute approximate surface area is 142 Å². The van der Waals surface area contributed by atoms with Crippen molar-refractivity contribution in [3.05, 3.63) is 69.7 Å². The molecule has 2 atom stereocenters. The van der Waals surface area contributed by atoms with Gasteiger partial charge in [-0.2, -0.15) is 0 Å². The van der Waals surface area contributed by atoms with E-state index in [1.54, 1.807) is 55.5 Å². The molecule has 0 radical (unpaired) electrons. The van der Waals surface area contributed by atoms with Crippen molar-refractivity contribution in [1.29, 1.82) is 0 Å². The van der Waals surface area contributed by atoms with Gasteiger partial charge in [0.25, 0.3) is 0 Å². The van der Waals surface area contributed by atoms with Crippen molar-refractivity contribution in [1.82, 2.24) is 0 Å². The lowest BCUT2D eigenvalue weighted by Crippen LogP contribution is -2.25. The second-order valence-corrected chi connectivity index (χ2v) is 8.56. The van der Waals surface area contributed by atoms with Gasteiger partial charge in [-0.15, -0.1) is 0 Å². The van der Waals surface area contributed by atoms with E-state index in [0.29, 0.717) is 27.6 Å². The van der Waals surface area contributed by atoms with Crippen LogP contribution in [0.2, 0.25) is 10.0 Å². The summed E-state index contributed by atoms with van der Waals surface area (Å²) in [7, 11) is -3.42. The summed E-state index contributed by atoms with van der Waals surface area (Å²) in [5, 5.41) is -0.213. The van der Waals surface area contributed by atoms with Crippen molar-refractivity contribution < 1.29 is 8.42 Å². The van der Waals surface area contributed by atoms with Crippen LogP contribution in [0.4, 0.5) is 0 Å². The van der Waals surface area contributed by atoms with Crippen LogP contribution in [0, 0.1) is 0 Å². The molecule has 0 aliphatic carbocycles. The molecule has 0 aliphatic rings. The largest absolute Gasteiger partial charge is 0.228 e. The second-order valence-electron chi connectivity index (χ2n) is 5.26. The molecule has 0 N–H and O–H groups in total. The quantitative estimate of drug-likeness (QED) is 0.728. The molecule has 22 heavy (non-hydrogen) atoms. The summed E-state index contributed by atoms with van der Waals surface area (Å²) in [4.78, 5) is 0. The summed E-state index contributed by atoms with van der Waals surface area (Å²) in [6.45, 7) is 3.60. The van der Waals surface area contributed by atoms with E-state index in [1.165, 1.54) is 0 Å². The zero-order valence-electron chi connectivity index (χ0n) is 12.5. The van der Waals surface area contributed by atoms with Crippen LogP contribution < -0.4 is 0 Å². The number of halogens is 2. The average Bonchev–Trinajstić information content (AvgIpc) is 2.50. The molecule has 0 saturated heterocycles. The van der Waals surface area contributed by atoms with Crippen molar-refractivity contribution in [2.75, 3.05) is 0 Å². The van der Waals surface area contributed by atoms with Crippen molar-refractivity contribution >= 4 is 33.0 Å². The minimum atomic E-state index is -3.42. The van der Waals surface area contributed by atoms with Gasteiger partial charge in [0, 0.05) is 10.0 Å². The molecule has 2 aromatic carbocycles. The maximum absolute atomic E-state index is 13.0. The highest BCUT2D eigenvalue weighted by molar-refractivity contribution is 7.92. The first-order valence-electron chi connectivity index (χ1n) is 7.10. The van der Waals surface area contributed by atoms with Crippen LogP contribution in [0.5, 0.6) is 0 Å². The van der Waals surface area contributed by atoms with Gasteiger partial charge in [0.2, 0.25) is 0 Å². The number of benzene rings is 2. The Morgan fingerprint density at radius 2 is 1.59 bits per heavy atom. The highest BCUT2D eigenvalue weighted by atomic mass is 35.5. The van der Waals surface area contributed by atoms with Crippen LogP contribution in [0.1, 0.15) is 36.6 Å². The minimum absolute atomic E-state index is 0.453. The molecule has 0 fully saturated rings. The molecule has 2 unspecified atom stereocenters. The van der Waals surface area contributed by atoms with Gasteiger partial charge >= 0.3 is 0 Å². The first-order chi connectivity index (χ1) is 10.4. The summed E-state index contributed by atoms with van der Waals surface area (Å²) < 4.78 is 26.0. The molecule has 0 aromatic heterocycles. The highest BCUT2D eigenvalue weighted by Crippen LogP contribution is 2.37. The molecule has 2 nitrogen and oxygen atoms in total.